The smallest absolute Gasteiger partial charge is 0.307 e. The summed E-state index contributed by atoms with van der Waals surface area (Å²) in [5, 5.41) is 10.5. The van der Waals surface area contributed by atoms with Gasteiger partial charge in [0, 0.05) is 42.7 Å². The van der Waals surface area contributed by atoms with E-state index in [2.05, 4.69) is 19.5 Å². The molecule has 0 radical (unpaired) electrons. The zero-order valence-electron chi connectivity index (χ0n) is 22.7. The van der Waals surface area contributed by atoms with Crippen molar-refractivity contribution in [1.29, 1.82) is 0 Å². The third-order valence-electron chi connectivity index (χ3n) is 7.70. The van der Waals surface area contributed by atoms with E-state index in [-0.39, 0.29) is 5.92 Å². The molecular formula is C32H30ClN5O3. The van der Waals surface area contributed by atoms with Crippen LogP contribution in [0.15, 0.2) is 73.2 Å². The van der Waals surface area contributed by atoms with E-state index in [9.17, 15) is 9.90 Å². The Bertz CT molecular complexity index is 1670. The maximum atomic E-state index is 12.2. The number of hydrogen-bond donors (Lipinski definition) is 1. The molecule has 1 aliphatic rings. The van der Waals surface area contributed by atoms with Gasteiger partial charge in [-0.1, -0.05) is 54.8 Å². The summed E-state index contributed by atoms with van der Waals surface area (Å²) in [6.45, 7) is 2.90. The molecule has 6 rings (SSSR count). The van der Waals surface area contributed by atoms with Crippen molar-refractivity contribution in [1.82, 2.24) is 24.5 Å². The van der Waals surface area contributed by atoms with Crippen molar-refractivity contribution >= 4 is 28.6 Å². The van der Waals surface area contributed by atoms with Gasteiger partial charge in [0.1, 0.15) is 18.2 Å². The number of pyridine rings is 1. The number of hydrogen-bond acceptors (Lipinski definition) is 6. The van der Waals surface area contributed by atoms with Crippen molar-refractivity contribution in [2.24, 2.45) is 5.92 Å². The van der Waals surface area contributed by atoms with Gasteiger partial charge in [-0.05, 0) is 49.1 Å². The standard InChI is InChI=1S/C32H30ClN5O3/c1-20-6-11-24(34-15-20)19-41-25-12-13-28-29(14-25)38(31(37-28)26-4-2-3-5-27(26)32(39)40)18-21-7-9-22(10-8-21)30-35-16-23(33)17-36-30/h6-17,26-27H,2-5,18-19H2,1H3,(H,39,40)/t26-,27+/m0/s1. The first-order chi connectivity index (χ1) is 19.9. The summed E-state index contributed by atoms with van der Waals surface area (Å²) in [5.74, 6) is 0.765. The third-order valence-corrected chi connectivity index (χ3v) is 7.89. The first kappa shape index (κ1) is 26.9. The quantitative estimate of drug-likeness (QED) is 0.219. The van der Waals surface area contributed by atoms with Gasteiger partial charge in [0.2, 0.25) is 0 Å². The van der Waals surface area contributed by atoms with E-state index in [1.165, 1.54) is 0 Å². The number of halogens is 1. The number of carbonyl (C=O) groups is 1. The van der Waals surface area contributed by atoms with E-state index >= 15 is 0 Å². The molecule has 1 aliphatic carbocycles. The van der Waals surface area contributed by atoms with E-state index in [1.807, 2.05) is 67.7 Å². The van der Waals surface area contributed by atoms with Crippen LogP contribution in [0, 0.1) is 12.8 Å². The van der Waals surface area contributed by atoms with Crippen molar-refractivity contribution in [3.63, 3.8) is 0 Å². The fourth-order valence-electron chi connectivity index (χ4n) is 5.54. The molecule has 0 amide bonds. The van der Waals surface area contributed by atoms with Crippen LogP contribution in [-0.2, 0) is 17.9 Å². The highest BCUT2D eigenvalue weighted by atomic mass is 35.5. The first-order valence-corrected chi connectivity index (χ1v) is 14.2. The summed E-state index contributed by atoms with van der Waals surface area (Å²) in [7, 11) is 0. The van der Waals surface area contributed by atoms with Gasteiger partial charge in [-0.2, -0.15) is 0 Å². The Morgan fingerprint density at radius 2 is 1.78 bits per heavy atom. The fourth-order valence-corrected chi connectivity index (χ4v) is 5.64. The Kier molecular flexibility index (Phi) is 7.65. The zero-order chi connectivity index (χ0) is 28.3. The molecule has 2 atom stereocenters. The van der Waals surface area contributed by atoms with Crippen LogP contribution >= 0.6 is 11.6 Å². The van der Waals surface area contributed by atoms with Crippen LogP contribution in [-0.4, -0.2) is 35.6 Å². The number of fused-ring (bicyclic) bond motifs is 1. The fraction of sp³-hybridized carbons (Fsp3) is 0.281. The summed E-state index contributed by atoms with van der Waals surface area (Å²) >= 11 is 5.95. The van der Waals surface area contributed by atoms with Gasteiger partial charge in [0.15, 0.2) is 5.82 Å². The molecule has 0 spiro atoms. The van der Waals surface area contributed by atoms with Gasteiger partial charge in [-0.15, -0.1) is 0 Å². The summed E-state index contributed by atoms with van der Waals surface area (Å²) in [6.07, 6.45) is 8.38. The van der Waals surface area contributed by atoms with Crippen molar-refractivity contribution in [3.05, 3.63) is 101 Å². The summed E-state index contributed by atoms with van der Waals surface area (Å²) in [6, 6.07) is 17.9. The lowest BCUT2D eigenvalue weighted by Gasteiger charge is -2.28. The molecule has 8 nitrogen and oxygen atoms in total. The monoisotopic (exact) mass is 567 g/mol. The van der Waals surface area contributed by atoms with Gasteiger partial charge in [-0.3, -0.25) is 9.78 Å². The highest BCUT2D eigenvalue weighted by molar-refractivity contribution is 6.30. The lowest BCUT2D eigenvalue weighted by Crippen LogP contribution is -2.27. The number of carboxylic acid groups (broad SMARTS) is 1. The Morgan fingerprint density at radius 1 is 1.00 bits per heavy atom. The third kappa shape index (κ3) is 5.93. The predicted molar refractivity (Wildman–Crippen MR) is 157 cm³/mol. The number of aryl methyl sites for hydroxylation is 1. The molecular weight excluding hydrogens is 538 g/mol. The lowest BCUT2D eigenvalue weighted by molar-refractivity contribution is -0.143. The van der Waals surface area contributed by atoms with E-state index in [1.54, 1.807) is 12.4 Å². The average molecular weight is 568 g/mol. The highest BCUT2D eigenvalue weighted by Crippen LogP contribution is 2.39. The Morgan fingerprint density at radius 3 is 2.51 bits per heavy atom. The zero-order valence-corrected chi connectivity index (χ0v) is 23.5. The molecule has 0 saturated heterocycles. The number of aliphatic carboxylic acids is 1. The van der Waals surface area contributed by atoms with Crippen molar-refractivity contribution in [2.75, 3.05) is 0 Å². The molecule has 0 bridgehead atoms. The van der Waals surface area contributed by atoms with E-state index < -0.39 is 11.9 Å². The molecule has 0 aliphatic heterocycles. The maximum absolute atomic E-state index is 12.2. The summed E-state index contributed by atoms with van der Waals surface area (Å²) in [4.78, 5) is 30.3. The van der Waals surface area contributed by atoms with Gasteiger partial charge in [-0.25, -0.2) is 15.0 Å². The molecule has 2 aromatic carbocycles. The molecule has 1 N–H and O–H groups in total. The lowest BCUT2D eigenvalue weighted by atomic mass is 9.78. The molecule has 41 heavy (non-hydrogen) atoms. The first-order valence-electron chi connectivity index (χ1n) is 13.8. The number of nitrogens with zero attached hydrogens (tertiary/aromatic N) is 5. The van der Waals surface area contributed by atoms with Crippen molar-refractivity contribution in [3.8, 4) is 17.1 Å². The molecule has 208 valence electrons. The number of ether oxygens (including phenoxy) is 1. The highest BCUT2D eigenvalue weighted by Gasteiger charge is 2.35. The molecule has 5 aromatic rings. The predicted octanol–water partition coefficient (Wildman–Crippen LogP) is 6.84. The van der Waals surface area contributed by atoms with Crippen LogP contribution in [0.3, 0.4) is 0 Å². The van der Waals surface area contributed by atoms with Crippen molar-refractivity contribution in [2.45, 2.75) is 51.7 Å². The molecule has 1 saturated carbocycles. The molecule has 3 heterocycles. The second-order valence-electron chi connectivity index (χ2n) is 10.6. The van der Waals surface area contributed by atoms with Crippen molar-refractivity contribution < 1.29 is 14.6 Å². The number of aromatic nitrogens is 5. The second-order valence-corrected chi connectivity index (χ2v) is 11.0. The van der Waals surface area contributed by atoms with Gasteiger partial charge in [0.05, 0.1) is 27.7 Å². The molecule has 1 fully saturated rings. The SMILES string of the molecule is Cc1ccc(COc2ccc3nc([C@H]4CCCC[C@H]4C(=O)O)n(Cc4ccc(-c5ncc(Cl)cn5)cc4)c3c2)nc1. The number of rotatable bonds is 8. The Hall–Kier alpha value is -4.30. The van der Waals surface area contributed by atoms with Gasteiger partial charge >= 0.3 is 5.97 Å². The van der Waals surface area contributed by atoms with E-state index in [0.717, 1.165) is 58.5 Å². The van der Waals surface area contributed by atoms with Crippen LogP contribution in [0.25, 0.3) is 22.4 Å². The van der Waals surface area contributed by atoms with E-state index in [0.29, 0.717) is 36.2 Å². The summed E-state index contributed by atoms with van der Waals surface area (Å²) < 4.78 is 8.27. The van der Waals surface area contributed by atoms with Crippen LogP contribution in [0.1, 0.15) is 54.2 Å². The number of carboxylic acids is 1. The minimum absolute atomic E-state index is 0.156. The van der Waals surface area contributed by atoms with Gasteiger partial charge in [0.25, 0.3) is 0 Å². The summed E-state index contributed by atoms with van der Waals surface area (Å²) in [5.41, 5.74) is 5.63. The average Bonchev–Trinajstić information content (AvgIpc) is 3.35. The maximum Gasteiger partial charge on any atom is 0.307 e. The molecule has 0 unspecified atom stereocenters. The largest absolute Gasteiger partial charge is 0.487 e. The molecule has 3 aromatic heterocycles. The topological polar surface area (TPSA) is 103 Å². The molecule has 9 heteroatoms. The van der Waals surface area contributed by atoms with Gasteiger partial charge < -0.3 is 14.4 Å². The normalized spacial score (nSPS) is 17.0. The Balaban J connectivity index is 1.35. The number of benzene rings is 2. The van der Waals surface area contributed by atoms with E-state index in [4.69, 9.17) is 21.3 Å². The van der Waals surface area contributed by atoms with Crippen LogP contribution in [0.4, 0.5) is 0 Å². The number of imidazole rings is 1. The van der Waals surface area contributed by atoms with Crippen LogP contribution < -0.4 is 4.74 Å². The minimum atomic E-state index is -0.754. The second kappa shape index (κ2) is 11.7. The van der Waals surface area contributed by atoms with Crippen LogP contribution in [0.2, 0.25) is 5.02 Å². The van der Waals surface area contributed by atoms with Crippen LogP contribution in [0.5, 0.6) is 5.75 Å². The minimum Gasteiger partial charge on any atom is -0.487 e. The Labute approximate surface area is 243 Å².